The minimum atomic E-state index is -0.923. The first-order valence-electron chi connectivity index (χ1n) is 6.45. The van der Waals surface area contributed by atoms with Crippen molar-refractivity contribution in [3.63, 3.8) is 0 Å². The first-order chi connectivity index (χ1) is 9.74. The second-order valence-electron chi connectivity index (χ2n) is 4.03. The van der Waals surface area contributed by atoms with E-state index in [0.717, 1.165) is 5.69 Å². The molecule has 0 fully saturated rings. The third-order valence-electron chi connectivity index (χ3n) is 2.51. The lowest BCUT2D eigenvalue weighted by Crippen LogP contribution is -2.13. The summed E-state index contributed by atoms with van der Waals surface area (Å²) in [4.78, 5) is 10.7. The van der Waals surface area contributed by atoms with Crippen LogP contribution in [0.1, 0.15) is 10.4 Å². The average molecular weight is 283 g/mol. The molecule has 6 nitrogen and oxygen atoms in total. The number of anilines is 1. The van der Waals surface area contributed by atoms with E-state index in [1.165, 1.54) is 0 Å². The SMILES string of the molecule is COCCOCCOCCNc1ccc(C(=O)O)cc1. The molecule has 1 rings (SSSR count). The highest BCUT2D eigenvalue weighted by atomic mass is 16.5. The predicted octanol–water partition coefficient (Wildman–Crippen LogP) is 1.48. The Bertz CT molecular complexity index is 380. The largest absolute Gasteiger partial charge is 0.478 e. The van der Waals surface area contributed by atoms with E-state index in [1.807, 2.05) is 0 Å². The molecule has 1 aromatic rings. The van der Waals surface area contributed by atoms with Crippen molar-refractivity contribution in [3.8, 4) is 0 Å². The maximum atomic E-state index is 10.7. The van der Waals surface area contributed by atoms with Crippen molar-refractivity contribution < 1.29 is 24.1 Å². The van der Waals surface area contributed by atoms with E-state index in [1.54, 1.807) is 31.4 Å². The van der Waals surface area contributed by atoms with Crippen molar-refractivity contribution in [2.75, 3.05) is 52.0 Å². The normalized spacial score (nSPS) is 10.4. The van der Waals surface area contributed by atoms with Crippen LogP contribution in [0.2, 0.25) is 0 Å². The Labute approximate surface area is 118 Å². The molecule has 2 N–H and O–H groups in total. The monoisotopic (exact) mass is 283 g/mol. The molecule has 0 radical (unpaired) electrons. The van der Waals surface area contributed by atoms with E-state index in [4.69, 9.17) is 19.3 Å². The fraction of sp³-hybridized carbons (Fsp3) is 0.500. The first-order valence-corrected chi connectivity index (χ1v) is 6.45. The molecule has 0 heterocycles. The third kappa shape index (κ3) is 7.08. The van der Waals surface area contributed by atoms with Crippen molar-refractivity contribution in [1.29, 1.82) is 0 Å². The Kier molecular flexibility index (Phi) is 8.37. The number of hydrogen-bond donors (Lipinski definition) is 2. The summed E-state index contributed by atoms with van der Waals surface area (Å²) < 4.78 is 15.5. The van der Waals surface area contributed by atoms with Gasteiger partial charge >= 0.3 is 5.97 Å². The standard InChI is InChI=1S/C14H21NO5/c1-18-8-9-20-11-10-19-7-6-15-13-4-2-12(3-5-13)14(16)17/h2-5,15H,6-11H2,1H3,(H,16,17). The molecule has 0 atom stereocenters. The number of aromatic carboxylic acids is 1. The summed E-state index contributed by atoms with van der Waals surface area (Å²) in [5.74, 6) is -0.923. The highest BCUT2D eigenvalue weighted by Gasteiger charge is 2.00. The lowest BCUT2D eigenvalue weighted by Gasteiger charge is -2.08. The van der Waals surface area contributed by atoms with Crippen LogP contribution in [0.25, 0.3) is 0 Å². The molecule has 0 saturated carbocycles. The maximum absolute atomic E-state index is 10.7. The summed E-state index contributed by atoms with van der Waals surface area (Å²) in [5.41, 5.74) is 1.15. The zero-order valence-electron chi connectivity index (χ0n) is 11.6. The number of hydrogen-bond acceptors (Lipinski definition) is 5. The second-order valence-corrected chi connectivity index (χ2v) is 4.03. The molecule has 1 aromatic carbocycles. The van der Waals surface area contributed by atoms with Gasteiger partial charge in [0.1, 0.15) is 0 Å². The van der Waals surface area contributed by atoms with Crippen LogP contribution in [0.15, 0.2) is 24.3 Å². The summed E-state index contributed by atoms with van der Waals surface area (Å²) in [7, 11) is 1.63. The van der Waals surface area contributed by atoms with Gasteiger partial charge < -0.3 is 24.6 Å². The predicted molar refractivity (Wildman–Crippen MR) is 75.4 cm³/mol. The van der Waals surface area contributed by atoms with Crippen LogP contribution < -0.4 is 5.32 Å². The summed E-state index contributed by atoms with van der Waals surface area (Å²) in [6, 6.07) is 6.60. The first kappa shape index (κ1) is 16.4. The summed E-state index contributed by atoms with van der Waals surface area (Å²) >= 11 is 0. The molecule has 0 bridgehead atoms. The number of benzene rings is 1. The number of carboxylic acid groups (broad SMARTS) is 1. The van der Waals surface area contributed by atoms with Crippen molar-refractivity contribution in [2.45, 2.75) is 0 Å². The Morgan fingerprint density at radius 1 is 1.05 bits per heavy atom. The van der Waals surface area contributed by atoms with E-state index in [0.29, 0.717) is 39.6 Å². The summed E-state index contributed by atoms with van der Waals surface area (Å²) in [5, 5.41) is 11.9. The van der Waals surface area contributed by atoms with Crippen molar-refractivity contribution in [3.05, 3.63) is 29.8 Å². The van der Waals surface area contributed by atoms with Crippen LogP contribution in [0.3, 0.4) is 0 Å². The fourth-order valence-corrected chi connectivity index (χ4v) is 1.46. The zero-order chi connectivity index (χ0) is 14.6. The number of nitrogens with one attached hydrogen (secondary N) is 1. The molecule has 6 heteroatoms. The molecular weight excluding hydrogens is 262 g/mol. The Hall–Kier alpha value is -1.63. The van der Waals surface area contributed by atoms with Crippen LogP contribution in [0, 0.1) is 0 Å². The van der Waals surface area contributed by atoms with Crippen LogP contribution in [-0.4, -0.2) is 57.8 Å². The second kappa shape index (κ2) is 10.2. The average Bonchev–Trinajstić information content (AvgIpc) is 2.46. The van der Waals surface area contributed by atoms with Crippen molar-refractivity contribution in [2.24, 2.45) is 0 Å². The minimum Gasteiger partial charge on any atom is -0.478 e. The summed E-state index contributed by atoms with van der Waals surface area (Å²) in [6.45, 7) is 3.49. The Balaban J connectivity index is 2.02. The molecule has 0 amide bonds. The van der Waals surface area contributed by atoms with E-state index in [-0.39, 0.29) is 5.56 Å². The molecule has 20 heavy (non-hydrogen) atoms. The van der Waals surface area contributed by atoms with Gasteiger partial charge in [-0.25, -0.2) is 4.79 Å². The maximum Gasteiger partial charge on any atom is 0.335 e. The molecule has 0 aromatic heterocycles. The van der Waals surface area contributed by atoms with Crippen molar-refractivity contribution >= 4 is 11.7 Å². The Morgan fingerprint density at radius 2 is 1.65 bits per heavy atom. The fourth-order valence-electron chi connectivity index (χ4n) is 1.46. The van der Waals surface area contributed by atoms with Gasteiger partial charge in [0.25, 0.3) is 0 Å². The topological polar surface area (TPSA) is 77.0 Å². The van der Waals surface area contributed by atoms with Gasteiger partial charge in [-0.15, -0.1) is 0 Å². The quantitative estimate of drug-likeness (QED) is 0.599. The lowest BCUT2D eigenvalue weighted by molar-refractivity contribution is 0.0272. The number of ether oxygens (including phenoxy) is 3. The van der Waals surface area contributed by atoms with Crippen LogP contribution in [0.5, 0.6) is 0 Å². The molecule has 0 aliphatic carbocycles. The highest BCUT2D eigenvalue weighted by molar-refractivity contribution is 5.87. The van der Waals surface area contributed by atoms with Crippen LogP contribution in [0.4, 0.5) is 5.69 Å². The van der Waals surface area contributed by atoms with Gasteiger partial charge in [-0.05, 0) is 24.3 Å². The van der Waals surface area contributed by atoms with Gasteiger partial charge in [0, 0.05) is 19.3 Å². The summed E-state index contributed by atoms with van der Waals surface area (Å²) in [6.07, 6.45) is 0. The lowest BCUT2D eigenvalue weighted by atomic mass is 10.2. The molecule has 112 valence electrons. The third-order valence-corrected chi connectivity index (χ3v) is 2.51. The van der Waals surface area contributed by atoms with Gasteiger partial charge in [0.05, 0.1) is 38.6 Å². The molecule has 0 aliphatic rings. The van der Waals surface area contributed by atoms with Gasteiger partial charge in [-0.1, -0.05) is 0 Å². The molecule has 0 unspecified atom stereocenters. The van der Waals surface area contributed by atoms with Gasteiger partial charge in [0.2, 0.25) is 0 Å². The minimum absolute atomic E-state index is 0.278. The van der Waals surface area contributed by atoms with Gasteiger partial charge in [0.15, 0.2) is 0 Å². The zero-order valence-corrected chi connectivity index (χ0v) is 11.6. The van der Waals surface area contributed by atoms with Gasteiger partial charge in [-0.3, -0.25) is 0 Å². The highest BCUT2D eigenvalue weighted by Crippen LogP contribution is 2.08. The number of rotatable bonds is 11. The van der Waals surface area contributed by atoms with E-state index < -0.39 is 5.97 Å². The smallest absolute Gasteiger partial charge is 0.335 e. The molecule has 0 aliphatic heterocycles. The molecule has 0 spiro atoms. The van der Waals surface area contributed by atoms with Crippen LogP contribution >= 0.6 is 0 Å². The molecular formula is C14H21NO5. The van der Waals surface area contributed by atoms with Crippen LogP contribution in [-0.2, 0) is 14.2 Å². The molecule has 0 saturated heterocycles. The number of methoxy groups -OCH3 is 1. The number of carbonyl (C=O) groups is 1. The Morgan fingerprint density at radius 3 is 2.25 bits per heavy atom. The van der Waals surface area contributed by atoms with Gasteiger partial charge in [-0.2, -0.15) is 0 Å². The number of carboxylic acids is 1. The van der Waals surface area contributed by atoms with Crippen molar-refractivity contribution in [1.82, 2.24) is 0 Å². The van der Waals surface area contributed by atoms with E-state index >= 15 is 0 Å². The van der Waals surface area contributed by atoms with E-state index in [2.05, 4.69) is 5.32 Å². The van der Waals surface area contributed by atoms with E-state index in [9.17, 15) is 4.79 Å².